The van der Waals surface area contributed by atoms with Gasteiger partial charge in [-0.2, -0.15) is 0 Å². The van der Waals surface area contributed by atoms with Crippen molar-refractivity contribution in [1.82, 2.24) is 0 Å². The summed E-state index contributed by atoms with van der Waals surface area (Å²) < 4.78 is 11.0. The molecule has 0 rings (SSSR count). The van der Waals surface area contributed by atoms with E-state index in [9.17, 15) is 0 Å². The first-order valence-electron chi connectivity index (χ1n) is 6.12. The number of ether oxygens (including phenoxy) is 2. The summed E-state index contributed by atoms with van der Waals surface area (Å²) in [6.45, 7) is 6.63. The molecule has 0 fully saturated rings. The van der Waals surface area contributed by atoms with Gasteiger partial charge in [-0.25, -0.2) is 0 Å². The van der Waals surface area contributed by atoms with E-state index >= 15 is 0 Å². The number of hydrogen-bond donors (Lipinski definition) is 1. The van der Waals surface area contributed by atoms with E-state index in [0.717, 1.165) is 12.8 Å². The van der Waals surface area contributed by atoms with Crippen LogP contribution in [0, 0.1) is 0 Å². The van der Waals surface area contributed by atoms with Gasteiger partial charge in [-0.3, -0.25) is 0 Å². The zero-order valence-corrected chi connectivity index (χ0v) is 10.4. The van der Waals surface area contributed by atoms with Crippen molar-refractivity contribution < 1.29 is 14.6 Å². The average Bonchev–Trinajstić information content (AvgIpc) is 2.25. The van der Waals surface area contributed by atoms with Crippen molar-refractivity contribution in [3.8, 4) is 0 Å². The molecule has 0 aromatic rings. The molecule has 3 nitrogen and oxygen atoms in total. The van der Waals surface area contributed by atoms with Gasteiger partial charge in [-0.15, -0.1) is 0 Å². The van der Waals surface area contributed by atoms with E-state index in [4.69, 9.17) is 14.6 Å². The van der Waals surface area contributed by atoms with Crippen molar-refractivity contribution in [2.45, 2.75) is 65.3 Å². The van der Waals surface area contributed by atoms with Gasteiger partial charge in [-0.05, 0) is 19.8 Å². The van der Waals surface area contributed by atoms with Crippen LogP contribution in [-0.2, 0) is 9.47 Å². The lowest BCUT2D eigenvalue weighted by Crippen LogP contribution is -2.23. The molecule has 92 valence electrons. The minimum atomic E-state index is -0.205. The zero-order chi connectivity index (χ0) is 11.5. The van der Waals surface area contributed by atoms with Crippen molar-refractivity contribution in [2.75, 3.05) is 13.2 Å². The van der Waals surface area contributed by atoms with Gasteiger partial charge >= 0.3 is 0 Å². The number of unbranched alkanes of at least 4 members (excludes halogenated alkanes) is 2. The van der Waals surface area contributed by atoms with E-state index in [0.29, 0.717) is 12.7 Å². The first-order valence-corrected chi connectivity index (χ1v) is 6.12. The van der Waals surface area contributed by atoms with Crippen molar-refractivity contribution in [2.24, 2.45) is 0 Å². The van der Waals surface area contributed by atoms with Gasteiger partial charge in [0, 0.05) is 0 Å². The Labute approximate surface area is 93.8 Å². The Morgan fingerprint density at radius 3 is 2.47 bits per heavy atom. The summed E-state index contributed by atoms with van der Waals surface area (Å²) in [5.41, 5.74) is 0. The van der Waals surface area contributed by atoms with E-state index in [2.05, 4.69) is 13.8 Å². The molecule has 0 aromatic carbocycles. The molecule has 0 spiro atoms. The molecule has 0 aromatic heterocycles. The number of aliphatic hydroxyl groups excluding tert-OH is 1. The van der Waals surface area contributed by atoms with Crippen LogP contribution in [0.1, 0.15) is 52.9 Å². The predicted octanol–water partition coefficient (Wildman–Crippen LogP) is 2.72. The minimum Gasteiger partial charge on any atom is -0.394 e. The molecule has 0 heterocycles. The molecule has 0 bridgehead atoms. The SMILES string of the molecule is CCCCCC(CC)OC(C)OCCO. The highest BCUT2D eigenvalue weighted by molar-refractivity contribution is 4.56. The first-order chi connectivity index (χ1) is 7.24. The highest BCUT2D eigenvalue weighted by atomic mass is 16.7. The zero-order valence-electron chi connectivity index (χ0n) is 10.4. The minimum absolute atomic E-state index is 0.0559. The summed E-state index contributed by atoms with van der Waals surface area (Å²) in [5.74, 6) is 0. The molecule has 3 heteroatoms. The van der Waals surface area contributed by atoms with Crippen molar-refractivity contribution in [3.05, 3.63) is 0 Å². The van der Waals surface area contributed by atoms with Gasteiger partial charge in [0.25, 0.3) is 0 Å². The summed E-state index contributed by atoms with van der Waals surface area (Å²) in [7, 11) is 0. The third-order valence-electron chi connectivity index (χ3n) is 2.41. The fourth-order valence-corrected chi connectivity index (χ4v) is 1.52. The maximum Gasteiger partial charge on any atom is 0.155 e. The number of aliphatic hydroxyl groups is 1. The average molecular weight is 218 g/mol. The Bertz CT molecular complexity index is 128. The Morgan fingerprint density at radius 2 is 1.93 bits per heavy atom. The summed E-state index contributed by atoms with van der Waals surface area (Å²) >= 11 is 0. The molecule has 0 aliphatic carbocycles. The van der Waals surface area contributed by atoms with E-state index in [1.165, 1.54) is 19.3 Å². The fourth-order valence-electron chi connectivity index (χ4n) is 1.52. The van der Waals surface area contributed by atoms with Crippen LogP contribution in [0.5, 0.6) is 0 Å². The van der Waals surface area contributed by atoms with E-state index in [1.54, 1.807) is 0 Å². The van der Waals surface area contributed by atoms with Crippen LogP contribution in [0.2, 0.25) is 0 Å². The van der Waals surface area contributed by atoms with E-state index < -0.39 is 0 Å². The fraction of sp³-hybridized carbons (Fsp3) is 1.00. The molecule has 15 heavy (non-hydrogen) atoms. The predicted molar refractivity (Wildman–Crippen MR) is 61.8 cm³/mol. The molecular weight excluding hydrogens is 192 g/mol. The van der Waals surface area contributed by atoms with Crippen LogP contribution in [0.25, 0.3) is 0 Å². The summed E-state index contributed by atoms with van der Waals surface area (Å²) in [5, 5.41) is 8.60. The molecule has 0 saturated carbocycles. The van der Waals surface area contributed by atoms with Crippen LogP contribution in [0.3, 0.4) is 0 Å². The van der Waals surface area contributed by atoms with Gasteiger partial charge in [0.1, 0.15) is 0 Å². The quantitative estimate of drug-likeness (QED) is 0.452. The maximum atomic E-state index is 8.60. The van der Waals surface area contributed by atoms with Gasteiger partial charge in [-0.1, -0.05) is 33.1 Å². The lowest BCUT2D eigenvalue weighted by Gasteiger charge is -2.21. The summed E-state index contributed by atoms with van der Waals surface area (Å²) in [6, 6.07) is 0. The van der Waals surface area contributed by atoms with Crippen LogP contribution < -0.4 is 0 Å². The number of hydrogen-bond acceptors (Lipinski definition) is 3. The third kappa shape index (κ3) is 8.85. The Kier molecular flexibility index (Phi) is 10.3. The van der Waals surface area contributed by atoms with Crippen molar-refractivity contribution in [1.29, 1.82) is 0 Å². The molecule has 0 aliphatic rings. The van der Waals surface area contributed by atoms with Crippen LogP contribution in [0.4, 0.5) is 0 Å². The van der Waals surface area contributed by atoms with E-state index in [-0.39, 0.29) is 12.9 Å². The molecule has 1 N–H and O–H groups in total. The molecule has 0 amide bonds. The second kappa shape index (κ2) is 10.4. The molecule has 2 atom stereocenters. The monoisotopic (exact) mass is 218 g/mol. The Balaban J connectivity index is 3.57. The summed E-state index contributed by atoms with van der Waals surface area (Å²) in [6.07, 6.45) is 5.96. The Hall–Kier alpha value is -0.120. The smallest absolute Gasteiger partial charge is 0.155 e. The van der Waals surface area contributed by atoms with Gasteiger partial charge < -0.3 is 14.6 Å². The highest BCUT2D eigenvalue weighted by Gasteiger charge is 2.11. The van der Waals surface area contributed by atoms with Crippen LogP contribution in [0.15, 0.2) is 0 Å². The lowest BCUT2D eigenvalue weighted by atomic mass is 10.1. The molecular formula is C12H26O3. The van der Waals surface area contributed by atoms with Crippen LogP contribution >= 0.6 is 0 Å². The van der Waals surface area contributed by atoms with E-state index in [1.807, 2.05) is 6.92 Å². The second-order valence-electron chi connectivity index (χ2n) is 3.82. The maximum absolute atomic E-state index is 8.60. The standard InChI is InChI=1S/C12H26O3/c1-4-6-7-8-12(5-2)15-11(3)14-10-9-13/h11-13H,4-10H2,1-3H3. The largest absolute Gasteiger partial charge is 0.394 e. The van der Waals surface area contributed by atoms with Gasteiger partial charge in [0.2, 0.25) is 0 Å². The van der Waals surface area contributed by atoms with Crippen molar-refractivity contribution in [3.63, 3.8) is 0 Å². The van der Waals surface area contributed by atoms with Gasteiger partial charge in [0.05, 0.1) is 19.3 Å². The lowest BCUT2D eigenvalue weighted by molar-refractivity contribution is -0.166. The topological polar surface area (TPSA) is 38.7 Å². The summed E-state index contributed by atoms with van der Waals surface area (Å²) in [4.78, 5) is 0. The number of rotatable bonds is 10. The van der Waals surface area contributed by atoms with Gasteiger partial charge in [0.15, 0.2) is 6.29 Å². The first kappa shape index (κ1) is 14.9. The Morgan fingerprint density at radius 1 is 1.20 bits per heavy atom. The van der Waals surface area contributed by atoms with Crippen molar-refractivity contribution >= 4 is 0 Å². The molecule has 2 unspecified atom stereocenters. The molecule has 0 aliphatic heterocycles. The second-order valence-corrected chi connectivity index (χ2v) is 3.82. The third-order valence-corrected chi connectivity index (χ3v) is 2.41. The highest BCUT2D eigenvalue weighted by Crippen LogP contribution is 2.12. The van der Waals surface area contributed by atoms with Crippen LogP contribution in [-0.4, -0.2) is 30.7 Å². The normalized spacial score (nSPS) is 15.2. The molecule has 0 radical (unpaired) electrons. The molecule has 0 saturated heterocycles.